The van der Waals surface area contributed by atoms with E-state index in [0.29, 0.717) is 8.47 Å². The molecule has 1 aromatic rings. The number of carbonyl (C=O) groups excluding carboxylic acids is 2. The number of thioether (sulfide) groups is 4. The van der Waals surface area contributed by atoms with Gasteiger partial charge in [0.2, 0.25) is 0 Å². The molecule has 0 saturated heterocycles. The molecule has 2 heterocycles. The summed E-state index contributed by atoms with van der Waals surface area (Å²) in [4.78, 5) is 33.6. The average molecular weight is 591 g/mol. The van der Waals surface area contributed by atoms with Crippen LogP contribution >= 0.6 is 47.0 Å². The highest BCUT2D eigenvalue weighted by Crippen LogP contribution is 2.68. The van der Waals surface area contributed by atoms with E-state index in [1.54, 1.807) is 13.8 Å². The van der Waals surface area contributed by atoms with Gasteiger partial charge >= 0.3 is 11.9 Å². The Morgan fingerprint density at radius 3 is 1.13 bits per heavy atom. The summed E-state index contributed by atoms with van der Waals surface area (Å²) in [5.41, 5.74) is 1.98. The molecule has 2 aliphatic heterocycles. The number of hydrogen-bond acceptors (Lipinski definition) is 12. The monoisotopic (exact) mass is 590 g/mol. The number of benzene rings is 1. The Balaban J connectivity index is 2.35. The van der Waals surface area contributed by atoms with Gasteiger partial charge in [-0.2, -0.15) is 10.5 Å². The molecule has 0 atom stereocenters. The molecule has 202 valence electrons. The van der Waals surface area contributed by atoms with Gasteiger partial charge in [0.05, 0.1) is 52.6 Å². The number of nitrogens with zero attached hydrogens (tertiary/aromatic N) is 4. The summed E-state index contributed by atoms with van der Waals surface area (Å²) in [5, 5.41) is 19.7. The Bertz CT molecular complexity index is 1130. The van der Waals surface area contributed by atoms with Crippen molar-refractivity contribution >= 4 is 70.4 Å². The third kappa shape index (κ3) is 5.64. The summed E-state index contributed by atoms with van der Waals surface area (Å²) in [6, 6.07) is 4.12. The summed E-state index contributed by atoms with van der Waals surface area (Å²) in [6.07, 6.45) is 0. The number of ether oxygens (including phenoxy) is 2. The third-order valence-electron chi connectivity index (χ3n) is 5.80. The van der Waals surface area contributed by atoms with Crippen LogP contribution in [-0.4, -0.2) is 51.3 Å². The summed E-state index contributed by atoms with van der Waals surface area (Å²) in [6.45, 7) is 15.1. The first-order valence-electron chi connectivity index (χ1n) is 12.4. The summed E-state index contributed by atoms with van der Waals surface area (Å²) >= 11 is 5.65. The maximum atomic E-state index is 12.6. The third-order valence-corrected chi connectivity index (χ3v) is 11.0. The van der Waals surface area contributed by atoms with E-state index in [4.69, 9.17) is 9.47 Å². The van der Waals surface area contributed by atoms with Gasteiger partial charge in [-0.05, 0) is 41.5 Å². The normalized spacial score (nSPS) is 13.3. The smallest absolute Gasteiger partial charge is 0.350 e. The first kappa shape index (κ1) is 30.2. The van der Waals surface area contributed by atoms with E-state index in [9.17, 15) is 20.1 Å². The van der Waals surface area contributed by atoms with Gasteiger partial charge in [0, 0.05) is 26.2 Å². The topological polar surface area (TPSA) is 107 Å². The van der Waals surface area contributed by atoms with E-state index in [1.165, 1.54) is 47.0 Å². The molecule has 38 heavy (non-hydrogen) atoms. The fraction of sp³-hybridized carbons (Fsp3) is 0.462. The van der Waals surface area contributed by atoms with Crippen LogP contribution < -0.4 is 9.80 Å². The summed E-state index contributed by atoms with van der Waals surface area (Å²) in [7, 11) is 0. The van der Waals surface area contributed by atoms with Crippen molar-refractivity contribution in [3.8, 4) is 12.1 Å². The van der Waals surface area contributed by atoms with E-state index in [0.717, 1.165) is 57.1 Å². The van der Waals surface area contributed by atoms with E-state index < -0.39 is 11.9 Å². The Hall–Kier alpha value is -2.38. The van der Waals surface area contributed by atoms with E-state index in [1.807, 2.05) is 0 Å². The minimum Gasteiger partial charge on any atom is -0.462 e. The Morgan fingerprint density at radius 2 is 0.921 bits per heavy atom. The van der Waals surface area contributed by atoms with Gasteiger partial charge < -0.3 is 19.3 Å². The number of esters is 2. The Labute approximate surface area is 241 Å². The van der Waals surface area contributed by atoms with Crippen molar-refractivity contribution in [3.05, 3.63) is 19.6 Å². The van der Waals surface area contributed by atoms with Crippen molar-refractivity contribution in [2.45, 2.75) is 61.1 Å². The van der Waals surface area contributed by atoms with Crippen LogP contribution in [0.15, 0.2) is 39.2 Å². The highest BCUT2D eigenvalue weighted by atomic mass is 32.2. The molecule has 0 amide bonds. The molecule has 0 saturated carbocycles. The van der Waals surface area contributed by atoms with Crippen LogP contribution in [0.5, 0.6) is 0 Å². The second kappa shape index (κ2) is 13.6. The lowest BCUT2D eigenvalue weighted by Crippen LogP contribution is -2.26. The maximum Gasteiger partial charge on any atom is 0.350 e. The Kier molecular flexibility index (Phi) is 10.8. The van der Waals surface area contributed by atoms with Crippen LogP contribution in [0.25, 0.3) is 0 Å². The minimum absolute atomic E-state index is 0.00386. The largest absolute Gasteiger partial charge is 0.462 e. The molecule has 0 unspecified atom stereocenters. The van der Waals surface area contributed by atoms with Crippen molar-refractivity contribution in [3.63, 3.8) is 0 Å². The molecule has 1 aromatic carbocycles. The van der Waals surface area contributed by atoms with E-state index in [-0.39, 0.29) is 24.4 Å². The summed E-state index contributed by atoms with van der Waals surface area (Å²) in [5.74, 6) is -1.25. The van der Waals surface area contributed by atoms with Gasteiger partial charge in [-0.3, -0.25) is 0 Å². The van der Waals surface area contributed by atoms with Crippen LogP contribution in [-0.2, 0) is 19.1 Å². The molecule has 0 radical (unpaired) electrons. The zero-order valence-corrected chi connectivity index (χ0v) is 25.6. The van der Waals surface area contributed by atoms with Crippen molar-refractivity contribution in [2.75, 3.05) is 49.2 Å². The second-order valence-electron chi connectivity index (χ2n) is 7.76. The molecular weight excluding hydrogens is 561 g/mol. The van der Waals surface area contributed by atoms with E-state index in [2.05, 4.69) is 49.6 Å². The van der Waals surface area contributed by atoms with Gasteiger partial charge in [0.15, 0.2) is 11.1 Å². The van der Waals surface area contributed by atoms with Gasteiger partial charge in [-0.1, -0.05) is 47.0 Å². The quantitative estimate of drug-likeness (QED) is 0.131. The number of anilines is 2. The molecule has 12 heteroatoms. The van der Waals surface area contributed by atoms with Crippen LogP contribution in [0.3, 0.4) is 0 Å². The molecule has 0 aromatic heterocycles. The van der Waals surface area contributed by atoms with Crippen LogP contribution in [0.1, 0.15) is 41.5 Å². The second-order valence-corrected chi connectivity index (χ2v) is 12.4. The van der Waals surface area contributed by atoms with Crippen LogP contribution in [0.4, 0.5) is 11.4 Å². The average Bonchev–Trinajstić information content (AvgIpc) is 3.52. The molecule has 0 spiro atoms. The number of carbonyl (C=O) groups is 2. The molecule has 2 aliphatic rings. The fourth-order valence-electron chi connectivity index (χ4n) is 4.04. The maximum absolute atomic E-state index is 12.6. The number of rotatable bonds is 10. The number of nitriles is 2. The number of hydrogen-bond donors (Lipinski definition) is 0. The van der Waals surface area contributed by atoms with Crippen molar-refractivity contribution in [1.82, 2.24) is 0 Å². The van der Waals surface area contributed by atoms with Crippen molar-refractivity contribution in [1.29, 1.82) is 10.5 Å². The zero-order chi connectivity index (χ0) is 28.0. The Morgan fingerprint density at radius 1 is 0.632 bits per heavy atom. The highest BCUT2D eigenvalue weighted by Gasteiger charge is 2.40. The van der Waals surface area contributed by atoms with Crippen LogP contribution in [0, 0.1) is 22.7 Å². The van der Waals surface area contributed by atoms with Gasteiger partial charge in [0.25, 0.3) is 0 Å². The zero-order valence-electron chi connectivity index (χ0n) is 22.3. The van der Waals surface area contributed by atoms with Gasteiger partial charge in [-0.25, -0.2) is 9.59 Å². The molecule has 0 N–H and O–H groups in total. The SMILES string of the molecule is CCOC(=O)C(C#N)=C1Sc2c(c(N(CC)CC)c3c(c2N(CC)CC)SC(=C(C#N)C(=O)OCC)S3)S1. The van der Waals surface area contributed by atoms with Gasteiger partial charge in [0.1, 0.15) is 12.1 Å². The molecule has 0 aliphatic carbocycles. The predicted octanol–water partition coefficient (Wildman–Crippen LogP) is 6.37. The first-order chi connectivity index (χ1) is 18.3. The van der Waals surface area contributed by atoms with Gasteiger partial charge in [-0.15, -0.1) is 0 Å². The molecule has 8 nitrogen and oxygen atoms in total. The first-order valence-corrected chi connectivity index (χ1v) is 15.7. The summed E-state index contributed by atoms with van der Waals surface area (Å²) < 4.78 is 11.5. The number of fused-ring (bicyclic) bond motifs is 2. The highest BCUT2D eigenvalue weighted by molar-refractivity contribution is 8.26. The van der Waals surface area contributed by atoms with Crippen molar-refractivity contribution < 1.29 is 19.1 Å². The molecule has 3 rings (SSSR count). The molecule has 0 fully saturated rings. The van der Waals surface area contributed by atoms with Crippen molar-refractivity contribution in [2.24, 2.45) is 0 Å². The standard InChI is InChI=1S/C26H30N4O4S4/c1-7-29(8-2)17-19-21(37-25(35-19)15(13-27)23(31)33-11-5)18(30(9-3)10-4)22-20(17)36-26(38-22)16(14-28)24(32)34-12-6/h7-12H2,1-6H3. The molecular formula is C26H30N4O4S4. The predicted molar refractivity (Wildman–Crippen MR) is 156 cm³/mol. The molecule has 0 bridgehead atoms. The van der Waals surface area contributed by atoms with Crippen LogP contribution in [0.2, 0.25) is 0 Å². The van der Waals surface area contributed by atoms with E-state index >= 15 is 0 Å². The lowest BCUT2D eigenvalue weighted by molar-refractivity contribution is -0.138. The lowest BCUT2D eigenvalue weighted by Gasteiger charge is -2.30. The minimum atomic E-state index is -0.624. The lowest BCUT2D eigenvalue weighted by atomic mass is 10.2. The fourth-order valence-corrected chi connectivity index (χ4v) is 9.74.